The summed E-state index contributed by atoms with van der Waals surface area (Å²) in [7, 11) is 0. The van der Waals surface area contributed by atoms with E-state index in [1.807, 2.05) is 12.1 Å². The lowest BCUT2D eigenvalue weighted by Crippen LogP contribution is -2.21. The van der Waals surface area contributed by atoms with Crippen molar-refractivity contribution in [1.29, 1.82) is 0 Å². The standard InChI is InChI=1S/C14H11N/c1-3-7-11-12-8-4-2-6-10-14(12)15-13(11)9-5-1/h1-3,5-10H,4H2. The van der Waals surface area contributed by atoms with Crippen molar-refractivity contribution >= 4 is 12.2 Å². The first kappa shape index (κ1) is 8.42. The van der Waals surface area contributed by atoms with E-state index in [9.17, 15) is 0 Å². The second-order valence-corrected chi connectivity index (χ2v) is 3.65. The summed E-state index contributed by atoms with van der Waals surface area (Å²) in [5.41, 5.74) is 2.32. The van der Waals surface area contributed by atoms with Gasteiger partial charge in [-0.3, -0.25) is 0 Å². The molecule has 15 heavy (non-hydrogen) atoms. The molecule has 0 radical (unpaired) electrons. The first-order chi connectivity index (χ1) is 7.45. The summed E-state index contributed by atoms with van der Waals surface area (Å²) < 4.78 is 0. The first-order valence-electron chi connectivity index (χ1n) is 5.17. The Balaban J connectivity index is 2.48. The van der Waals surface area contributed by atoms with Crippen LogP contribution in [0.4, 0.5) is 0 Å². The van der Waals surface area contributed by atoms with Gasteiger partial charge in [0.25, 0.3) is 0 Å². The Labute approximate surface area is 88.4 Å². The van der Waals surface area contributed by atoms with Gasteiger partial charge >= 0.3 is 0 Å². The fourth-order valence-electron chi connectivity index (χ4n) is 1.96. The van der Waals surface area contributed by atoms with Crippen molar-refractivity contribution in [3.8, 4) is 11.3 Å². The highest BCUT2D eigenvalue weighted by atomic mass is 14.7. The molecule has 1 nitrogen and oxygen atoms in total. The van der Waals surface area contributed by atoms with Crippen LogP contribution < -0.4 is 10.6 Å². The Kier molecular flexibility index (Phi) is 1.88. The Morgan fingerprint density at radius 1 is 1.07 bits per heavy atom. The maximum atomic E-state index is 4.62. The molecule has 1 heterocycles. The maximum absolute atomic E-state index is 4.62. The predicted octanol–water partition coefficient (Wildman–Crippen LogP) is 1.71. The van der Waals surface area contributed by atoms with Crippen molar-refractivity contribution < 1.29 is 0 Å². The van der Waals surface area contributed by atoms with Crippen LogP contribution in [0.2, 0.25) is 0 Å². The van der Waals surface area contributed by atoms with Gasteiger partial charge in [0.1, 0.15) is 0 Å². The van der Waals surface area contributed by atoms with E-state index in [-0.39, 0.29) is 0 Å². The third-order valence-corrected chi connectivity index (χ3v) is 2.67. The van der Waals surface area contributed by atoms with E-state index in [0.29, 0.717) is 0 Å². The molecule has 0 aromatic heterocycles. The molecule has 3 rings (SSSR count). The van der Waals surface area contributed by atoms with Crippen LogP contribution in [-0.2, 0) is 0 Å². The minimum absolute atomic E-state index is 0.989. The molecular formula is C14H11N. The van der Waals surface area contributed by atoms with Crippen LogP contribution in [0, 0.1) is 0 Å². The molecule has 1 aliphatic heterocycles. The van der Waals surface area contributed by atoms with E-state index in [0.717, 1.165) is 17.5 Å². The van der Waals surface area contributed by atoms with Crippen molar-refractivity contribution in [3.05, 3.63) is 53.1 Å². The molecule has 0 N–H and O–H groups in total. The van der Waals surface area contributed by atoms with E-state index < -0.39 is 0 Å². The van der Waals surface area contributed by atoms with Gasteiger partial charge in [-0.1, -0.05) is 42.5 Å². The summed E-state index contributed by atoms with van der Waals surface area (Å²) in [4.78, 5) is 4.62. The molecule has 0 saturated carbocycles. The normalized spacial score (nSPS) is 13.9. The number of fused-ring (bicyclic) bond motifs is 3. The lowest BCUT2D eigenvalue weighted by molar-refractivity contribution is 1.33. The summed E-state index contributed by atoms with van der Waals surface area (Å²) in [6.07, 6.45) is 9.54. The van der Waals surface area contributed by atoms with Crippen LogP contribution in [-0.4, -0.2) is 4.98 Å². The van der Waals surface area contributed by atoms with E-state index in [1.165, 1.54) is 10.8 Å². The molecule has 3 aliphatic rings. The number of nitrogens with zero attached hydrogens (tertiary/aromatic N) is 1. The highest BCUT2D eigenvalue weighted by Gasteiger charge is 2.06. The Hall–Kier alpha value is -1.89. The van der Waals surface area contributed by atoms with Crippen LogP contribution in [0.15, 0.2) is 42.5 Å². The minimum Gasteiger partial charge on any atom is -0.248 e. The largest absolute Gasteiger partial charge is 0.248 e. The van der Waals surface area contributed by atoms with Gasteiger partial charge in [0.2, 0.25) is 0 Å². The van der Waals surface area contributed by atoms with Crippen molar-refractivity contribution in [1.82, 2.24) is 4.98 Å². The summed E-state index contributed by atoms with van der Waals surface area (Å²) in [6.45, 7) is 0. The minimum atomic E-state index is 0.989. The molecule has 1 heteroatoms. The van der Waals surface area contributed by atoms with Crippen LogP contribution >= 0.6 is 0 Å². The van der Waals surface area contributed by atoms with Crippen molar-refractivity contribution in [3.63, 3.8) is 0 Å². The van der Waals surface area contributed by atoms with E-state index in [4.69, 9.17) is 0 Å². The summed E-state index contributed by atoms with van der Waals surface area (Å²) in [5.74, 6) is 0. The lowest BCUT2D eigenvalue weighted by atomic mass is 10.2. The zero-order chi connectivity index (χ0) is 10.1. The van der Waals surface area contributed by atoms with Crippen LogP contribution in [0.5, 0.6) is 0 Å². The van der Waals surface area contributed by atoms with Gasteiger partial charge in [-0.25, -0.2) is 4.98 Å². The lowest BCUT2D eigenvalue weighted by Gasteiger charge is -1.87. The van der Waals surface area contributed by atoms with Gasteiger partial charge < -0.3 is 0 Å². The molecule has 2 aliphatic carbocycles. The maximum Gasteiger partial charge on any atom is 0.0716 e. The van der Waals surface area contributed by atoms with E-state index in [1.54, 1.807) is 0 Å². The fraction of sp³-hybridized carbons (Fsp3) is 0.0714. The predicted molar refractivity (Wildman–Crippen MR) is 62.8 cm³/mol. The topological polar surface area (TPSA) is 12.9 Å². The zero-order valence-electron chi connectivity index (χ0n) is 8.35. The molecule has 0 saturated heterocycles. The van der Waals surface area contributed by atoms with Gasteiger partial charge in [-0.05, 0) is 18.6 Å². The van der Waals surface area contributed by atoms with Crippen LogP contribution in [0.25, 0.3) is 23.4 Å². The average molecular weight is 193 g/mol. The van der Waals surface area contributed by atoms with Gasteiger partial charge in [0, 0.05) is 10.8 Å². The second-order valence-electron chi connectivity index (χ2n) is 3.65. The molecule has 0 aromatic rings. The van der Waals surface area contributed by atoms with Crippen LogP contribution in [0.3, 0.4) is 0 Å². The first-order valence-corrected chi connectivity index (χ1v) is 5.17. The molecule has 0 spiro atoms. The van der Waals surface area contributed by atoms with Gasteiger partial charge in [0.05, 0.1) is 11.0 Å². The Morgan fingerprint density at radius 2 is 2.00 bits per heavy atom. The molecule has 0 fully saturated rings. The second kappa shape index (κ2) is 3.35. The molecular weight excluding hydrogens is 182 g/mol. The monoisotopic (exact) mass is 193 g/mol. The smallest absolute Gasteiger partial charge is 0.0716 e. The van der Waals surface area contributed by atoms with Crippen LogP contribution in [0.1, 0.15) is 6.42 Å². The number of hydrogen-bond acceptors (Lipinski definition) is 1. The third kappa shape index (κ3) is 1.37. The Morgan fingerprint density at radius 3 is 3.00 bits per heavy atom. The molecule has 0 unspecified atom stereocenters. The Bertz CT molecular complexity index is 608. The quantitative estimate of drug-likeness (QED) is 0.620. The number of hydrogen-bond donors (Lipinski definition) is 0. The summed E-state index contributed by atoms with van der Waals surface area (Å²) in [5, 5.41) is 2.36. The van der Waals surface area contributed by atoms with Gasteiger partial charge in [0.15, 0.2) is 0 Å². The number of rotatable bonds is 0. The van der Waals surface area contributed by atoms with Crippen molar-refractivity contribution in [2.45, 2.75) is 6.42 Å². The summed E-state index contributed by atoms with van der Waals surface area (Å²) >= 11 is 0. The molecule has 72 valence electrons. The SMILES string of the molecule is C1=CCC=c2c3cccccc-3nc2=C1. The average Bonchev–Trinajstić information content (AvgIpc) is 2.51. The molecule has 0 atom stereocenters. The van der Waals surface area contributed by atoms with E-state index in [2.05, 4.69) is 47.5 Å². The van der Waals surface area contributed by atoms with Gasteiger partial charge in [-0.15, -0.1) is 0 Å². The molecule has 0 aromatic carbocycles. The van der Waals surface area contributed by atoms with Crippen molar-refractivity contribution in [2.75, 3.05) is 0 Å². The number of aromatic nitrogens is 1. The number of allylic oxidation sites excluding steroid dienone is 2. The zero-order valence-corrected chi connectivity index (χ0v) is 8.35. The van der Waals surface area contributed by atoms with E-state index >= 15 is 0 Å². The van der Waals surface area contributed by atoms with Gasteiger partial charge in [-0.2, -0.15) is 0 Å². The fourth-order valence-corrected chi connectivity index (χ4v) is 1.96. The molecule has 0 amide bonds. The summed E-state index contributed by atoms with van der Waals surface area (Å²) in [6, 6.07) is 10.3. The third-order valence-electron chi connectivity index (χ3n) is 2.67. The highest BCUT2D eigenvalue weighted by molar-refractivity contribution is 5.65. The molecule has 0 bridgehead atoms. The van der Waals surface area contributed by atoms with Crippen molar-refractivity contribution in [2.24, 2.45) is 0 Å². The highest BCUT2D eigenvalue weighted by Crippen LogP contribution is 2.11.